The highest BCUT2D eigenvalue weighted by Gasteiger charge is 2.09. The molecular formula is C14H18N2. The molecule has 1 saturated heterocycles. The summed E-state index contributed by atoms with van der Waals surface area (Å²) in [5.74, 6) is 0.224. The van der Waals surface area contributed by atoms with Crippen molar-refractivity contribution < 1.29 is 0 Å². The molecule has 84 valence electrons. The summed E-state index contributed by atoms with van der Waals surface area (Å²) in [6, 6.07) is 10.4. The number of allylic oxidation sites excluding steroid dienone is 1. The molecule has 1 atom stereocenters. The monoisotopic (exact) mass is 214 g/mol. The van der Waals surface area contributed by atoms with E-state index < -0.39 is 0 Å². The second-order valence-corrected chi connectivity index (χ2v) is 4.10. The summed E-state index contributed by atoms with van der Waals surface area (Å²) < 4.78 is 0. The van der Waals surface area contributed by atoms with Crippen LogP contribution in [0.2, 0.25) is 0 Å². The topological polar surface area (TPSA) is 15.6 Å². The molecule has 0 aromatic heterocycles. The van der Waals surface area contributed by atoms with Gasteiger partial charge >= 0.3 is 0 Å². The van der Waals surface area contributed by atoms with Crippen LogP contribution in [-0.2, 0) is 0 Å². The Labute approximate surface area is 97.3 Å². The van der Waals surface area contributed by atoms with Gasteiger partial charge in [0, 0.05) is 25.2 Å². The molecule has 1 aromatic rings. The molecule has 0 spiro atoms. The van der Waals surface area contributed by atoms with Crippen molar-refractivity contribution in [2.45, 2.75) is 18.8 Å². The number of hydrogen-bond donors (Lipinski definition) is 0. The SMILES string of the molecule is C=C[C@H](/C=N/N1CCCC1)c1ccccc1. The van der Waals surface area contributed by atoms with Gasteiger partial charge in [0.15, 0.2) is 0 Å². The number of nitrogens with zero attached hydrogens (tertiary/aromatic N) is 2. The molecule has 2 nitrogen and oxygen atoms in total. The molecule has 1 heterocycles. The molecule has 0 bridgehead atoms. The third kappa shape index (κ3) is 2.72. The van der Waals surface area contributed by atoms with E-state index in [0.29, 0.717) is 0 Å². The lowest BCUT2D eigenvalue weighted by Crippen LogP contribution is -2.12. The summed E-state index contributed by atoms with van der Waals surface area (Å²) in [7, 11) is 0. The van der Waals surface area contributed by atoms with Crippen molar-refractivity contribution in [3.8, 4) is 0 Å². The van der Waals surface area contributed by atoms with Crippen molar-refractivity contribution in [3.63, 3.8) is 0 Å². The highest BCUT2D eigenvalue weighted by atomic mass is 15.5. The molecule has 1 aliphatic rings. The van der Waals surface area contributed by atoms with Crippen molar-refractivity contribution in [1.82, 2.24) is 5.01 Å². The molecule has 2 rings (SSSR count). The summed E-state index contributed by atoms with van der Waals surface area (Å²) in [4.78, 5) is 0. The van der Waals surface area contributed by atoms with Gasteiger partial charge in [0.25, 0.3) is 0 Å². The first-order valence-electron chi connectivity index (χ1n) is 5.86. The number of benzene rings is 1. The van der Waals surface area contributed by atoms with E-state index in [1.54, 1.807) is 0 Å². The van der Waals surface area contributed by atoms with Crippen LogP contribution in [0.5, 0.6) is 0 Å². The number of hydrazone groups is 1. The molecule has 16 heavy (non-hydrogen) atoms. The van der Waals surface area contributed by atoms with Gasteiger partial charge in [-0.2, -0.15) is 5.10 Å². The van der Waals surface area contributed by atoms with E-state index in [0.717, 1.165) is 13.1 Å². The van der Waals surface area contributed by atoms with Crippen molar-refractivity contribution in [3.05, 3.63) is 48.6 Å². The average Bonchev–Trinajstić information content (AvgIpc) is 2.84. The molecule has 0 aliphatic carbocycles. The summed E-state index contributed by atoms with van der Waals surface area (Å²) >= 11 is 0. The van der Waals surface area contributed by atoms with Crippen LogP contribution >= 0.6 is 0 Å². The molecule has 0 amide bonds. The van der Waals surface area contributed by atoms with Gasteiger partial charge in [-0.1, -0.05) is 36.4 Å². The van der Waals surface area contributed by atoms with Crippen LogP contribution in [0.1, 0.15) is 24.3 Å². The molecule has 1 aliphatic heterocycles. The van der Waals surface area contributed by atoms with E-state index in [1.165, 1.54) is 18.4 Å². The predicted molar refractivity (Wildman–Crippen MR) is 68.7 cm³/mol. The summed E-state index contributed by atoms with van der Waals surface area (Å²) in [6.07, 6.45) is 6.46. The van der Waals surface area contributed by atoms with Crippen LogP contribution in [-0.4, -0.2) is 24.3 Å². The molecule has 0 saturated carbocycles. The van der Waals surface area contributed by atoms with E-state index in [9.17, 15) is 0 Å². The lowest BCUT2D eigenvalue weighted by Gasteiger charge is -2.12. The Morgan fingerprint density at radius 3 is 2.50 bits per heavy atom. The molecule has 0 unspecified atom stereocenters. The zero-order chi connectivity index (χ0) is 11.2. The van der Waals surface area contributed by atoms with Crippen molar-refractivity contribution in [2.24, 2.45) is 5.10 Å². The summed E-state index contributed by atoms with van der Waals surface area (Å²) in [6.45, 7) is 6.06. The van der Waals surface area contributed by atoms with Crippen LogP contribution in [0.4, 0.5) is 0 Å². The van der Waals surface area contributed by atoms with E-state index >= 15 is 0 Å². The van der Waals surface area contributed by atoms with E-state index in [2.05, 4.69) is 41.0 Å². The van der Waals surface area contributed by atoms with Gasteiger partial charge < -0.3 is 0 Å². The summed E-state index contributed by atoms with van der Waals surface area (Å²) in [5, 5.41) is 6.65. The zero-order valence-electron chi connectivity index (χ0n) is 9.55. The Hall–Kier alpha value is -1.57. The van der Waals surface area contributed by atoms with Crippen LogP contribution < -0.4 is 0 Å². The van der Waals surface area contributed by atoms with Gasteiger partial charge in [-0.3, -0.25) is 5.01 Å². The third-order valence-corrected chi connectivity index (χ3v) is 2.91. The molecule has 0 radical (unpaired) electrons. The van der Waals surface area contributed by atoms with Crippen molar-refractivity contribution >= 4 is 6.21 Å². The number of hydrogen-bond acceptors (Lipinski definition) is 2. The standard InChI is InChI=1S/C14H18N2/c1-2-13(14-8-4-3-5-9-14)12-15-16-10-6-7-11-16/h2-5,8-9,12-13H,1,6-7,10-11H2/b15-12+/t13-/m1/s1. The van der Waals surface area contributed by atoms with E-state index in [-0.39, 0.29) is 5.92 Å². The fraction of sp³-hybridized carbons (Fsp3) is 0.357. The first kappa shape index (κ1) is 10.9. The van der Waals surface area contributed by atoms with Crippen LogP contribution in [0.3, 0.4) is 0 Å². The molecule has 1 fully saturated rings. The lowest BCUT2D eigenvalue weighted by atomic mass is 10.0. The Morgan fingerprint density at radius 2 is 1.88 bits per heavy atom. The normalized spacial score (nSPS) is 17.9. The summed E-state index contributed by atoms with van der Waals surface area (Å²) in [5.41, 5.74) is 1.25. The fourth-order valence-electron chi connectivity index (χ4n) is 1.94. The Morgan fingerprint density at radius 1 is 1.19 bits per heavy atom. The smallest absolute Gasteiger partial charge is 0.0388 e. The minimum Gasteiger partial charge on any atom is -0.297 e. The highest BCUT2D eigenvalue weighted by molar-refractivity contribution is 5.70. The maximum Gasteiger partial charge on any atom is 0.0388 e. The van der Waals surface area contributed by atoms with Gasteiger partial charge in [-0.15, -0.1) is 6.58 Å². The van der Waals surface area contributed by atoms with Crippen molar-refractivity contribution in [2.75, 3.05) is 13.1 Å². The van der Waals surface area contributed by atoms with E-state index in [1.807, 2.05) is 18.4 Å². The predicted octanol–water partition coefficient (Wildman–Crippen LogP) is 3.04. The third-order valence-electron chi connectivity index (χ3n) is 2.91. The van der Waals surface area contributed by atoms with Crippen LogP contribution in [0.25, 0.3) is 0 Å². The second kappa shape index (κ2) is 5.50. The highest BCUT2D eigenvalue weighted by Crippen LogP contribution is 2.15. The Bertz CT molecular complexity index is 350. The Kier molecular flexibility index (Phi) is 3.76. The molecule has 0 N–H and O–H groups in total. The second-order valence-electron chi connectivity index (χ2n) is 4.10. The van der Waals surface area contributed by atoms with Crippen LogP contribution in [0, 0.1) is 0 Å². The number of rotatable bonds is 4. The largest absolute Gasteiger partial charge is 0.297 e. The average molecular weight is 214 g/mol. The Balaban J connectivity index is 2.02. The van der Waals surface area contributed by atoms with Crippen molar-refractivity contribution in [1.29, 1.82) is 0 Å². The van der Waals surface area contributed by atoms with Gasteiger partial charge in [0.05, 0.1) is 0 Å². The zero-order valence-corrected chi connectivity index (χ0v) is 9.55. The van der Waals surface area contributed by atoms with Gasteiger partial charge in [0.2, 0.25) is 0 Å². The van der Waals surface area contributed by atoms with Gasteiger partial charge in [-0.05, 0) is 18.4 Å². The quantitative estimate of drug-likeness (QED) is 0.555. The van der Waals surface area contributed by atoms with Gasteiger partial charge in [0.1, 0.15) is 0 Å². The molecule has 1 aromatic carbocycles. The molecule has 2 heteroatoms. The van der Waals surface area contributed by atoms with Gasteiger partial charge in [-0.25, -0.2) is 0 Å². The van der Waals surface area contributed by atoms with E-state index in [4.69, 9.17) is 0 Å². The maximum atomic E-state index is 4.51. The minimum absolute atomic E-state index is 0.224. The minimum atomic E-state index is 0.224. The molecular weight excluding hydrogens is 196 g/mol. The fourth-order valence-corrected chi connectivity index (χ4v) is 1.94. The maximum absolute atomic E-state index is 4.51. The first-order valence-corrected chi connectivity index (χ1v) is 5.86. The van der Waals surface area contributed by atoms with Crippen LogP contribution in [0.15, 0.2) is 48.1 Å². The lowest BCUT2D eigenvalue weighted by molar-refractivity contribution is 0.361. The first-order chi connectivity index (χ1) is 7.90.